The van der Waals surface area contributed by atoms with E-state index in [0.29, 0.717) is 17.9 Å². The average Bonchev–Trinajstić information content (AvgIpc) is 3.18. The van der Waals surface area contributed by atoms with Gasteiger partial charge in [0, 0.05) is 6.42 Å². The number of carbonyl (C=O) groups is 1. The van der Waals surface area contributed by atoms with E-state index in [1.165, 1.54) is 37.4 Å². The number of rotatable bonds is 8. The molecule has 1 aliphatic rings. The van der Waals surface area contributed by atoms with Gasteiger partial charge in [0.25, 0.3) is 0 Å². The minimum atomic E-state index is -4.03. The molecule has 0 saturated carbocycles. The minimum absolute atomic E-state index is 0.00336. The van der Waals surface area contributed by atoms with Crippen LogP contribution in [-0.4, -0.2) is 51.1 Å². The molecule has 0 radical (unpaired) electrons. The minimum Gasteiger partial charge on any atom is -0.493 e. The molecule has 2 aromatic rings. The maximum atomic E-state index is 14.0. The predicted octanol–water partition coefficient (Wildman–Crippen LogP) is 3.31. The van der Waals surface area contributed by atoms with E-state index in [-0.39, 0.29) is 23.6 Å². The molecule has 168 valence electrons. The third-order valence-corrected chi connectivity index (χ3v) is 6.91. The molecule has 1 saturated heterocycles. The smallest absolute Gasteiger partial charge is 0.324 e. The normalized spacial score (nSPS) is 19.2. The van der Waals surface area contributed by atoms with Gasteiger partial charge < -0.3 is 14.2 Å². The van der Waals surface area contributed by atoms with Gasteiger partial charge in [0.05, 0.1) is 25.2 Å². The molecule has 0 spiro atoms. The first-order chi connectivity index (χ1) is 14.8. The highest BCUT2D eigenvalue weighted by Crippen LogP contribution is 2.32. The van der Waals surface area contributed by atoms with Crippen LogP contribution in [0.1, 0.15) is 25.3 Å². The first kappa shape index (κ1) is 23.0. The summed E-state index contributed by atoms with van der Waals surface area (Å²) in [4.78, 5) is 12.4. The quantitative estimate of drug-likeness (QED) is 0.573. The monoisotopic (exact) mass is 451 g/mol. The molecule has 9 heteroatoms. The number of aryl methyl sites for hydroxylation is 1. The van der Waals surface area contributed by atoms with Crippen molar-refractivity contribution >= 4 is 16.0 Å². The highest BCUT2D eigenvalue weighted by molar-refractivity contribution is 7.89. The molecule has 0 bridgehead atoms. The SMILES string of the molecule is CCCOc1ccc(S(=O)(=O)N2CC(Oc3ccccc3F)CC2C(=O)OC)cc1C. The fourth-order valence-corrected chi connectivity index (χ4v) is 5.19. The van der Waals surface area contributed by atoms with E-state index in [0.717, 1.165) is 10.7 Å². The summed E-state index contributed by atoms with van der Waals surface area (Å²) in [6, 6.07) is 9.36. The van der Waals surface area contributed by atoms with Gasteiger partial charge in [0.1, 0.15) is 17.9 Å². The van der Waals surface area contributed by atoms with Crippen LogP contribution in [0, 0.1) is 12.7 Å². The maximum absolute atomic E-state index is 14.0. The van der Waals surface area contributed by atoms with Crippen molar-refractivity contribution in [1.29, 1.82) is 0 Å². The third-order valence-electron chi connectivity index (χ3n) is 5.04. The van der Waals surface area contributed by atoms with Gasteiger partial charge in [-0.05, 0) is 49.2 Å². The number of halogens is 1. The van der Waals surface area contributed by atoms with Crippen molar-refractivity contribution in [2.45, 2.75) is 43.7 Å². The molecule has 1 aliphatic heterocycles. The first-order valence-electron chi connectivity index (χ1n) is 10.0. The van der Waals surface area contributed by atoms with E-state index in [1.54, 1.807) is 19.1 Å². The van der Waals surface area contributed by atoms with Crippen LogP contribution in [0.4, 0.5) is 4.39 Å². The van der Waals surface area contributed by atoms with E-state index >= 15 is 0 Å². The van der Waals surface area contributed by atoms with Crippen molar-refractivity contribution in [3.05, 3.63) is 53.8 Å². The van der Waals surface area contributed by atoms with Crippen LogP contribution < -0.4 is 9.47 Å². The van der Waals surface area contributed by atoms with Gasteiger partial charge in [-0.15, -0.1) is 0 Å². The predicted molar refractivity (Wildman–Crippen MR) is 112 cm³/mol. The second-order valence-electron chi connectivity index (χ2n) is 7.30. The number of nitrogens with zero attached hydrogens (tertiary/aromatic N) is 1. The number of hydrogen-bond acceptors (Lipinski definition) is 6. The van der Waals surface area contributed by atoms with Crippen molar-refractivity contribution in [2.24, 2.45) is 0 Å². The van der Waals surface area contributed by atoms with Crippen LogP contribution >= 0.6 is 0 Å². The summed E-state index contributed by atoms with van der Waals surface area (Å²) in [7, 11) is -2.84. The summed E-state index contributed by atoms with van der Waals surface area (Å²) < 4.78 is 57.8. The number of ether oxygens (including phenoxy) is 3. The molecule has 0 N–H and O–H groups in total. The van der Waals surface area contributed by atoms with Crippen LogP contribution in [0.3, 0.4) is 0 Å². The Kier molecular flexibility index (Phi) is 7.17. The lowest BCUT2D eigenvalue weighted by atomic mass is 10.2. The van der Waals surface area contributed by atoms with Gasteiger partial charge in [-0.2, -0.15) is 4.31 Å². The zero-order chi connectivity index (χ0) is 22.6. The zero-order valence-electron chi connectivity index (χ0n) is 17.7. The lowest BCUT2D eigenvalue weighted by Gasteiger charge is -2.22. The fraction of sp³-hybridized carbons (Fsp3) is 0.409. The lowest BCUT2D eigenvalue weighted by Crippen LogP contribution is -2.41. The highest BCUT2D eigenvalue weighted by atomic mass is 32.2. The van der Waals surface area contributed by atoms with E-state index in [9.17, 15) is 17.6 Å². The molecule has 1 fully saturated rings. The summed E-state index contributed by atoms with van der Waals surface area (Å²) in [5.41, 5.74) is 0.669. The Labute approximate surface area is 181 Å². The highest BCUT2D eigenvalue weighted by Gasteiger charge is 2.46. The van der Waals surface area contributed by atoms with Gasteiger partial charge in [-0.3, -0.25) is 4.79 Å². The molecule has 0 amide bonds. The molecule has 0 aromatic heterocycles. The van der Waals surface area contributed by atoms with Crippen molar-refractivity contribution in [3.63, 3.8) is 0 Å². The Bertz CT molecular complexity index is 1040. The molecule has 2 unspecified atom stereocenters. The topological polar surface area (TPSA) is 82.1 Å². The third kappa shape index (κ3) is 4.99. The van der Waals surface area contributed by atoms with Gasteiger partial charge in [0.15, 0.2) is 11.6 Å². The Balaban J connectivity index is 1.87. The Morgan fingerprint density at radius 3 is 2.58 bits per heavy atom. The Hall–Kier alpha value is -2.65. The standard InChI is InChI=1S/C22H26FNO6S/c1-4-11-29-20-10-9-17(12-15(20)2)31(26,27)24-14-16(13-19(24)22(25)28-3)30-21-8-6-5-7-18(21)23/h5-10,12,16,19H,4,11,13-14H2,1-3H3. The van der Waals surface area contributed by atoms with E-state index in [4.69, 9.17) is 14.2 Å². The van der Waals surface area contributed by atoms with Gasteiger partial charge >= 0.3 is 5.97 Å². The summed E-state index contributed by atoms with van der Waals surface area (Å²) >= 11 is 0. The number of benzene rings is 2. The van der Waals surface area contributed by atoms with Gasteiger partial charge in [-0.25, -0.2) is 12.8 Å². The number of sulfonamides is 1. The van der Waals surface area contributed by atoms with Crippen molar-refractivity contribution < 1.29 is 31.8 Å². The maximum Gasteiger partial charge on any atom is 0.324 e. The number of carbonyl (C=O) groups excluding carboxylic acids is 1. The second-order valence-corrected chi connectivity index (χ2v) is 9.19. The van der Waals surface area contributed by atoms with Crippen molar-refractivity contribution in [1.82, 2.24) is 4.31 Å². The number of methoxy groups -OCH3 is 1. The first-order valence-corrected chi connectivity index (χ1v) is 11.5. The summed E-state index contributed by atoms with van der Waals surface area (Å²) in [5, 5.41) is 0. The van der Waals surface area contributed by atoms with Crippen LogP contribution in [0.2, 0.25) is 0 Å². The Morgan fingerprint density at radius 2 is 1.94 bits per heavy atom. The van der Waals surface area contributed by atoms with Crippen LogP contribution in [0.15, 0.2) is 47.4 Å². The summed E-state index contributed by atoms with van der Waals surface area (Å²) in [5.74, 6) is -0.643. The largest absolute Gasteiger partial charge is 0.493 e. The second kappa shape index (κ2) is 9.65. The summed E-state index contributed by atoms with van der Waals surface area (Å²) in [6.07, 6.45) is 0.179. The number of hydrogen-bond donors (Lipinski definition) is 0. The lowest BCUT2D eigenvalue weighted by molar-refractivity contribution is -0.144. The average molecular weight is 452 g/mol. The Morgan fingerprint density at radius 1 is 1.19 bits per heavy atom. The van der Waals surface area contributed by atoms with Crippen LogP contribution in [-0.2, 0) is 19.6 Å². The molecule has 2 aromatic carbocycles. The van der Waals surface area contributed by atoms with E-state index in [1.807, 2.05) is 6.92 Å². The molecule has 7 nitrogen and oxygen atoms in total. The van der Waals surface area contributed by atoms with Crippen LogP contribution in [0.5, 0.6) is 11.5 Å². The molecule has 31 heavy (non-hydrogen) atoms. The van der Waals surface area contributed by atoms with Crippen molar-refractivity contribution in [2.75, 3.05) is 20.3 Å². The number of esters is 1. The van der Waals surface area contributed by atoms with Crippen molar-refractivity contribution in [3.8, 4) is 11.5 Å². The fourth-order valence-electron chi connectivity index (χ4n) is 3.48. The number of para-hydroxylation sites is 1. The van der Waals surface area contributed by atoms with Gasteiger partial charge in [-0.1, -0.05) is 19.1 Å². The van der Waals surface area contributed by atoms with Crippen LogP contribution in [0.25, 0.3) is 0 Å². The zero-order valence-corrected chi connectivity index (χ0v) is 18.5. The molecule has 3 rings (SSSR count). The molecule has 1 heterocycles. The molecular formula is C22H26FNO6S. The summed E-state index contributed by atoms with van der Waals surface area (Å²) in [6.45, 7) is 4.16. The van der Waals surface area contributed by atoms with Gasteiger partial charge in [0.2, 0.25) is 10.0 Å². The van der Waals surface area contributed by atoms with E-state index < -0.39 is 34.0 Å². The van der Waals surface area contributed by atoms with E-state index in [2.05, 4.69) is 0 Å². The molecule has 0 aliphatic carbocycles. The molecular weight excluding hydrogens is 425 g/mol. The molecule has 2 atom stereocenters.